The first kappa shape index (κ1) is 21.1. The zero-order valence-electron chi connectivity index (χ0n) is 14.2. The van der Waals surface area contributed by atoms with E-state index in [4.69, 9.17) is 0 Å². The fraction of sp³-hybridized carbons (Fsp3) is 0.294. The first-order chi connectivity index (χ1) is 12.2. The van der Waals surface area contributed by atoms with Crippen molar-refractivity contribution in [2.75, 3.05) is 13.6 Å². The zero-order valence-corrected chi connectivity index (χ0v) is 18.9. The lowest BCUT2D eigenvalue weighted by Crippen LogP contribution is -2.37. The molecule has 3 rings (SSSR count). The number of aryl methyl sites for hydroxylation is 1. The predicted octanol–water partition coefficient (Wildman–Crippen LogP) is 4.21. The lowest BCUT2D eigenvalue weighted by Gasteiger charge is -2.11. The number of benzene rings is 1. The summed E-state index contributed by atoms with van der Waals surface area (Å²) in [5.74, 6) is 0.546. The fourth-order valence-electron chi connectivity index (χ4n) is 2.47. The molecule has 0 bridgehead atoms. The standard InChI is InChI=1S/C17H19BrFN5S.HI/c1-20-16(22-10-14-11-24-7-8-25-17(24)23-14)21-6-2-3-12-4-5-13(18)9-15(12)19;/h4-5,7-9,11H,2-3,6,10H2,1H3,(H2,20,21,22);1H. The lowest BCUT2D eigenvalue weighted by molar-refractivity contribution is 0.601. The zero-order chi connectivity index (χ0) is 17.6. The first-order valence-electron chi connectivity index (χ1n) is 7.95. The molecule has 140 valence electrons. The van der Waals surface area contributed by atoms with Crippen LogP contribution in [0.5, 0.6) is 0 Å². The van der Waals surface area contributed by atoms with Crippen molar-refractivity contribution in [1.82, 2.24) is 20.0 Å². The van der Waals surface area contributed by atoms with Crippen molar-refractivity contribution in [3.05, 3.63) is 57.5 Å². The van der Waals surface area contributed by atoms with Gasteiger partial charge < -0.3 is 10.6 Å². The Morgan fingerprint density at radius 1 is 1.38 bits per heavy atom. The predicted molar refractivity (Wildman–Crippen MR) is 119 cm³/mol. The summed E-state index contributed by atoms with van der Waals surface area (Å²) < 4.78 is 16.5. The van der Waals surface area contributed by atoms with Gasteiger partial charge in [-0.1, -0.05) is 22.0 Å². The van der Waals surface area contributed by atoms with Crippen molar-refractivity contribution >= 4 is 62.2 Å². The SMILES string of the molecule is CN=C(NCCCc1ccc(Br)cc1F)NCc1cn2ccsc2n1.I. The summed E-state index contributed by atoms with van der Waals surface area (Å²) in [6.45, 7) is 1.32. The van der Waals surface area contributed by atoms with Gasteiger partial charge in [0.05, 0.1) is 12.2 Å². The van der Waals surface area contributed by atoms with E-state index < -0.39 is 0 Å². The number of hydrogen-bond acceptors (Lipinski definition) is 3. The van der Waals surface area contributed by atoms with Crippen LogP contribution >= 0.6 is 51.2 Å². The second-order valence-electron chi connectivity index (χ2n) is 5.52. The quantitative estimate of drug-likeness (QED) is 0.209. The minimum Gasteiger partial charge on any atom is -0.356 e. The Kier molecular flexibility index (Phi) is 8.29. The molecule has 0 unspecified atom stereocenters. The summed E-state index contributed by atoms with van der Waals surface area (Å²) in [4.78, 5) is 9.71. The Hall–Kier alpha value is -1.20. The third-order valence-electron chi connectivity index (χ3n) is 3.73. The van der Waals surface area contributed by atoms with Crippen LogP contribution in [0.15, 0.2) is 45.4 Å². The minimum atomic E-state index is -0.170. The molecule has 2 heterocycles. The number of nitrogens with zero attached hydrogens (tertiary/aromatic N) is 3. The number of hydrogen-bond donors (Lipinski definition) is 2. The first-order valence-corrected chi connectivity index (χ1v) is 9.62. The monoisotopic (exact) mass is 551 g/mol. The summed E-state index contributed by atoms with van der Waals surface area (Å²) in [6.07, 6.45) is 5.49. The number of aromatic nitrogens is 2. The Morgan fingerprint density at radius 3 is 2.96 bits per heavy atom. The van der Waals surface area contributed by atoms with Gasteiger partial charge in [0.2, 0.25) is 0 Å². The molecule has 2 N–H and O–H groups in total. The lowest BCUT2D eigenvalue weighted by atomic mass is 10.1. The molecule has 0 amide bonds. The third kappa shape index (κ3) is 5.65. The molecular formula is C17H20BrFIN5S. The normalized spacial score (nSPS) is 11.4. The van der Waals surface area contributed by atoms with E-state index in [2.05, 4.69) is 36.5 Å². The number of imidazole rings is 1. The van der Waals surface area contributed by atoms with E-state index in [1.54, 1.807) is 18.4 Å². The summed E-state index contributed by atoms with van der Waals surface area (Å²) in [5, 5.41) is 8.49. The summed E-state index contributed by atoms with van der Waals surface area (Å²) in [6, 6.07) is 5.18. The van der Waals surface area contributed by atoms with Gasteiger partial charge in [-0.05, 0) is 30.5 Å². The molecule has 3 aromatic rings. The van der Waals surface area contributed by atoms with Gasteiger partial charge in [-0.25, -0.2) is 9.37 Å². The second-order valence-corrected chi connectivity index (χ2v) is 7.31. The summed E-state index contributed by atoms with van der Waals surface area (Å²) in [5.41, 5.74) is 1.69. The van der Waals surface area contributed by atoms with Gasteiger partial charge in [0.25, 0.3) is 0 Å². The van der Waals surface area contributed by atoms with Gasteiger partial charge in [-0.15, -0.1) is 35.3 Å². The molecule has 0 spiro atoms. The van der Waals surface area contributed by atoms with Crippen molar-refractivity contribution in [3.63, 3.8) is 0 Å². The van der Waals surface area contributed by atoms with Crippen LogP contribution in [0.4, 0.5) is 4.39 Å². The molecule has 1 aromatic carbocycles. The molecule has 0 aliphatic rings. The van der Waals surface area contributed by atoms with Crippen LogP contribution in [0.1, 0.15) is 17.7 Å². The molecule has 0 fully saturated rings. The van der Waals surface area contributed by atoms with E-state index in [1.807, 2.05) is 34.3 Å². The van der Waals surface area contributed by atoms with Gasteiger partial charge in [0.1, 0.15) is 5.82 Å². The van der Waals surface area contributed by atoms with Crippen molar-refractivity contribution in [2.45, 2.75) is 19.4 Å². The van der Waals surface area contributed by atoms with Gasteiger partial charge in [0, 0.05) is 35.8 Å². The van der Waals surface area contributed by atoms with Crippen molar-refractivity contribution in [1.29, 1.82) is 0 Å². The number of guanidine groups is 1. The number of halogens is 3. The topological polar surface area (TPSA) is 53.7 Å². The van der Waals surface area contributed by atoms with E-state index >= 15 is 0 Å². The number of fused-ring (bicyclic) bond motifs is 1. The number of thiazole rings is 1. The highest BCUT2D eigenvalue weighted by Crippen LogP contribution is 2.16. The van der Waals surface area contributed by atoms with Gasteiger partial charge in [-0.2, -0.15) is 0 Å². The number of nitrogens with one attached hydrogen (secondary N) is 2. The summed E-state index contributed by atoms with van der Waals surface area (Å²) >= 11 is 4.88. The fourth-order valence-corrected chi connectivity index (χ4v) is 3.52. The highest BCUT2D eigenvalue weighted by atomic mass is 127. The molecule has 0 aliphatic carbocycles. The van der Waals surface area contributed by atoms with Gasteiger partial charge in [-0.3, -0.25) is 9.39 Å². The molecule has 0 saturated carbocycles. The maximum atomic E-state index is 13.8. The Labute approximate surface area is 181 Å². The minimum absolute atomic E-state index is 0. The van der Waals surface area contributed by atoms with Crippen LogP contribution in [0.25, 0.3) is 4.96 Å². The van der Waals surface area contributed by atoms with E-state index in [1.165, 1.54) is 6.07 Å². The van der Waals surface area contributed by atoms with Crippen molar-refractivity contribution < 1.29 is 4.39 Å². The van der Waals surface area contributed by atoms with E-state index in [0.717, 1.165) is 27.1 Å². The van der Waals surface area contributed by atoms with Gasteiger partial charge >= 0.3 is 0 Å². The molecule has 0 radical (unpaired) electrons. The van der Waals surface area contributed by atoms with Crippen LogP contribution in [0.3, 0.4) is 0 Å². The molecule has 26 heavy (non-hydrogen) atoms. The van der Waals surface area contributed by atoms with E-state index in [-0.39, 0.29) is 29.8 Å². The molecule has 0 aliphatic heterocycles. The van der Waals surface area contributed by atoms with E-state index in [0.29, 0.717) is 25.5 Å². The molecular weight excluding hydrogens is 532 g/mol. The smallest absolute Gasteiger partial charge is 0.193 e. The van der Waals surface area contributed by atoms with Crippen LogP contribution in [0, 0.1) is 5.82 Å². The Balaban J connectivity index is 0.00000243. The number of aliphatic imine (C=N–C) groups is 1. The largest absolute Gasteiger partial charge is 0.356 e. The molecule has 5 nitrogen and oxygen atoms in total. The van der Waals surface area contributed by atoms with Crippen LogP contribution in [-0.4, -0.2) is 28.9 Å². The molecule has 0 saturated heterocycles. The van der Waals surface area contributed by atoms with Crippen LogP contribution < -0.4 is 10.6 Å². The average Bonchev–Trinajstić information content (AvgIpc) is 3.17. The molecule has 2 aromatic heterocycles. The highest BCUT2D eigenvalue weighted by Gasteiger charge is 2.05. The van der Waals surface area contributed by atoms with Crippen LogP contribution in [0.2, 0.25) is 0 Å². The highest BCUT2D eigenvalue weighted by molar-refractivity contribution is 14.0. The van der Waals surface area contributed by atoms with Crippen LogP contribution in [-0.2, 0) is 13.0 Å². The summed E-state index contributed by atoms with van der Waals surface area (Å²) in [7, 11) is 1.73. The van der Waals surface area contributed by atoms with Crippen molar-refractivity contribution in [2.24, 2.45) is 4.99 Å². The van der Waals surface area contributed by atoms with Crippen molar-refractivity contribution in [3.8, 4) is 0 Å². The Morgan fingerprint density at radius 2 is 2.23 bits per heavy atom. The second kappa shape index (κ2) is 10.2. The average molecular weight is 552 g/mol. The van der Waals surface area contributed by atoms with Gasteiger partial charge in [0.15, 0.2) is 10.9 Å². The Bertz CT molecular complexity index is 851. The third-order valence-corrected chi connectivity index (χ3v) is 5.00. The number of rotatable bonds is 6. The maximum Gasteiger partial charge on any atom is 0.193 e. The van der Waals surface area contributed by atoms with E-state index in [9.17, 15) is 4.39 Å². The maximum absolute atomic E-state index is 13.8. The molecule has 0 atom stereocenters. The molecule has 9 heteroatoms.